The van der Waals surface area contributed by atoms with Crippen LogP contribution in [0.1, 0.15) is 0 Å². The van der Waals surface area contributed by atoms with Crippen molar-refractivity contribution in [3.05, 3.63) is 133 Å². The number of fused-ring (bicyclic) bond motifs is 8. The van der Waals surface area contributed by atoms with Gasteiger partial charge in [0.15, 0.2) is 0 Å². The lowest BCUT2D eigenvalue weighted by Gasteiger charge is -2.15. The summed E-state index contributed by atoms with van der Waals surface area (Å²) in [4.78, 5) is 10.3. The van der Waals surface area contributed by atoms with Crippen LogP contribution in [0.5, 0.6) is 0 Å². The van der Waals surface area contributed by atoms with Gasteiger partial charge in [-0.3, -0.25) is 0 Å². The highest BCUT2D eigenvalue weighted by atomic mass is 14.8. The number of hydrogen-bond acceptors (Lipinski definition) is 2. The zero-order valence-electron chi connectivity index (χ0n) is 20.6. The first-order valence-corrected chi connectivity index (χ1v) is 12.9. The number of para-hydroxylation sites is 2. The van der Waals surface area contributed by atoms with E-state index < -0.39 is 0 Å². The van der Waals surface area contributed by atoms with Gasteiger partial charge in [0.2, 0.25) is 0 Å². The van der Waals surface area contributed by atoms with Crippen LogP contribution in [-0.2, 0) is 0 Å². The maximum atomic E-state index is 5.22. The van der Waals surface area contributed by atoms with Gasteiger partial charge in [0.05, 0.1) is 22.4 Å². The fraction of sp³-hybridized carbons (Fsp3) is 0. The van der Waals surface area contributed by atoms with Gasteiger partial charge < -0.3 is 0 Å². The van der Waals surface area contributed by atoms with Crippen LogP contribution in [0.15, 0.2) is 133 Å². The van der Waals surface area contributed by atoms with E-state index in [1.54, 1.807) is 0 Å². The molecule has 1 aromatic heterocycles. The van der Waals surface area contributed by atoms with E-state index in [4.69, 9.17) is 9.97 Å². The second-order valence-electron chi connectivity index (χ2n) is 9.79. The molecule has 0 fully saturated rings. The summed E-state index contributed by atoms with van der Waals surface area (Å²) in [6.45, 7) is 0. The first-order chi connectivity index (χ1) is 18.8. The minimum absolute atomic E-state index is 0.899. The summed E-state index contributed by atoms with van der Waals surface area (Å²) in [6, 6.07) is 47.2. The molecule has 38 heavy (non-hydrogen) atoms. The summed E-state index contributed by atoms with van der Waals surface area (Å²) in [5.41, 5.74) is 5.78. The fourth-order valence-electron chi connectivity index (χ4n) is 5.87. The third kappa shape index (κ3) is 3.14. The summed E-state index contributed by atoms with van der Waals surface area (Å²) in [5.74, 6) is 0. The average molecular weight is 483 g/mol. The van der Waals surface area contributed by atoms with Gasteiger partial charge in [-0.25, -0.2) is 9.97 Å². The van der Waals surface area contributed by atoms with Crippen LogP contribution in [0, 0.1) is 0 Å². The van der Waals surface area contributed by atoms with Gasteiger partial charge in [0, 0.05) is 11.1 Å². The zero-order chi connectivity index (χ0) is 25.1. The highest BCUT2D eigenvalue weighted by molar-refractivity contribution is 6.24. The van der Waals surface area contributed by atoms with Crippen molar-refractivity contribution in [1.29, 1.82) is 0 Å². The average Bonchev–Trinajstić information content (AvgIpc) is 3.00. The van der Waals surface area contributed by atoms with Crippen molar-refractivity contribution in [3.63, 3.8) is 0 Å². The molecular formula is C36H22N2. The highest BCUT2D eigenvalue weighted by Crippen LogP contribution is 2.40. The zero-order valence-corrected chi connectivity index (χ0v) is 20.6. The Kier molecular flexibility index (Phi) is 4.55. The van der Waals surface area contributed by atoms with Crippen LogP contribution < -0.4 is 0 Å². The summed E-state index contributed by atoms with van der Waals surface area (Å²) in [7, 11) is 0. The molecule has 0 spiro atoms. The molecule has 2 nitrogen and oxygen atoms in total. The summed E-state index contributed by atoms with van der Waals surface area (Å²) in [6.07, 6.45) is 0. The third-order valence-corrected chi connectivity index (χ3v) is 7.64. The molecule has 0 aliphatic carbocycles. The predicted molar refractivity (Wildman–Crippen MR) is 160 cm³/mol. The van der Waals surface area contributed by atoms with E-state index >= 15 is 0 Å². The van der Waals surface area contributed by atoms with E-state index in [1.807, 2.05) is 30.3 Å². The molecule has 7 aromatic carbocycles. The lowest BCUT2D eigenvalue weighted by molar-refractivity contribution is 1.30. The van der Waals surface area contributed by atoms with Crippen LogP contribution in [0.3, 0.4) is 0 Å². The van der Waals surface area contributed by atoms with Gasteiger partial charge in [-0.15, -0.1) is 0 Å². The van der Waals surface area contributed by atoms with Crippen molar-refractivity contribution in [3.8, 4) is 22.5 Å². The largest absolute Gasteiger partial charge is 0.244 e. The second kappa shape index (κ2) is 8.22. The Hall–Kier alpha value is -5.08. The molecule has 0 saturated carbocycles. The monoisotopic (exact) mass is 482 g/mol. The second-order valence-corrected chi connectivity index (χ2v) is 9.79. The number of nitrogens with zero attached hydrogens (tertiary/aromatic N) is 2. The van der Waals surface area contributed by atoms with Crippen LogP contribution in [0.4, 0.5) is 0 Å². The van der Waals surface area contributed by atoms with E-state index in [2.05, 4.69) is 103 Å². The Balaban J connectivity index is 1.50. The van der Waals surface area contributed by atoms with Crippen molar-refractivity contribution >= 4 is 54.1 Å². The molecular weight excluding hydrogens is 460 g/mol. The van der Waals surface area contributed by atoms with Crippen LogP contribution in [0.25, 0.3) is 76.6 Å². The first kappa shape index (κ1) is 21.0. The molecule has 0 radical (unpaired) electrons. The van der Waals surface area contributed by atoms with E-state index in [9.17, 15) is 0 Å². The molecule has 0 aliphatic heterocycles. The Morgan fingerprint density at radius 1 is 0.342 bits per heavy atom. The van der Waals surface area contributed by atoms with Gasteiger partial charge in [0.25, 0.3) is 0 Å². The van der Waals surface area contributed by atoms with E-state index in [0.717, 1.165) is 33.5 Å². The Labute approximate surface area is 219 Å². The molecule has 176 valence electrons. The minimum Gasteiger partial charge on any atom is -0.244 e. The first-order valence-electron chi connectivity index (χ1n) is 12.9. The van der Waals surface area contributed by atoms with Crippen molar-refractivity contribution in [2.75, 3.05) is 0 Å². The van der Waals surface area contributed by atoms with Crippen molar-refractivity contribution < 1.29 is 0 Å². The summed E-state index contributed by atoms with van der Waals surface area (Å²) >= 11 is 0. The molecule has 8 rings (SSSR count). The predicted octanol–water partition coefficient (Wildman–Crippen LogP) is 9.58. The van der Waals surface area contributed by atoms with Gasteiger partial charge >= 0.3 is 0 Å². The van der Waals surface area contributed by atoms with E-state index in [-0.39, 0.29) is 0 Å². The lowest BCUT2D eigenvalue weighted by Crippen LogP contribution is -1.96. The number of aromatic nitrogens is 2. The topological polar surface area (TPSA) is 25.8 Å². The maximum Gasteiger partial charge on any atom is 0.0979 e. The van der Waals surface area contributed by atoms with Crippen molar-refractivity contribution in [2.45, 2.75) is 0 Å². The normalized spacial score (nSPS) is 11.7. The molecule has 0 unspecified atom stereocenters. The summed E-state index contributed by atoms with van der Waals surface area (Å²) < 4.78 is 0. The van der Waals surface area contributed by atoms with Crippen LogP contribution in [-0.4, -0.2) is 9.97 Å². The number of hydrogen-bond donors (Lipinski definition) is 0. The standard InChI is InChI=1S/C36H22N2/c1-2-10-25(11-3-1)35-36(38-33-16-7-6-15-32(33)37-35)31-14-8-12-24-18-20-29-28-19-17-23-9-4-5-13-26(23)27(28)21-22-30(29)34(24)31/h1-22H. The Morgan fingerprint density at radius 2 is 0.921 bits per heavy atom. The molecule has 1 heterocycles. The Bertz CT molecular complexity index is 2180. The lowest BCUT2D eigenvalue weighted by atomic mass is 9.91. The van der Waals surface area contributed by atoms with Crippen molar-refractivity contribution in [2.24, 2.45) is 0 Å². The smallest absolute Gasteiger partial charge is 0.0979 e. The number of benzene rings is 7. The number of rotatable bonds is 2. The molecule has 0 amide bonds. The molecule has 0 N–H and O–H groups in total. The minimum atomic E-state index is 0.899. The molecule has 0 saturated heterocycles. The van der Waals surface area contributed by atoms with Gasteiger partial charge in [0.1, 0.15) is 0 Å². The SMILES string of the molecule is c1ccc(-c2nc3ccccc3nc2-c2cccc3ccc4c5ccc6ccccc6c5ccc4c23)cc1. The molecule has 0 bridgehead atoms. The molecule has 0 aliphatic rings. The third-order valence-electron chi connectivity index (χ3n) is 7.64. The van der Waals surface area contributed by atoms with Gasteiger partial charge in [-0.1, -0.05) is 121 Å². The maximum absolute atomic E-state index is 5.22. The fourth-order valence-corrected chi connectivity index (χ4v) is 5.87. The van der Waals surface area contributed by atoms with E-state index in [0.29, 0.717) is 0 Å². The Morgan fingerprint density at radius 3 is 1.76 bits per heavy atom. The van der Waals surface area contributed by atoms with Crippen LogP contribution in [0.2, 0.25) is 0 Å². The van der Waals surface area contributed by atoms with Gasteiger partial charge in [-0.2, -0.15) is 0 Å². The molecule has 2 heteroatoms. The molecule has 8 aromatic rings. The van der Waals surface area contributed by atoms with Crippen molar-refractivity contribution in [1.82, 2.24) is 9.97 Å². The quantitative estimate of drug-likeness (QED) is 0.229. The van der Waals surface area contributed by atoms with Crippen LogP contribution >= 0.6 is 0 Å². The van der Waals surface area contributed by atoms with Gasteiger partial charge in [-0.05, 0) is 55.2 Å². The molecule has 0 atom stereocenters. The highest BCUT2D eigenvalue weighted by Gasteiger charge is 2.17. The van der Waals surface area contributed by atoms with E-state index in [1.165, 1.54) is 43.1 Å². The summed E-state index contributed by atoms with van der Waals surface area (Å²) in [5, 5.41) is 9.99.